The van der Waals surface area contributed by atoms with Crippen LogP contribution < -0.4 is 14.2 Å². The van der Waals surface area contributed by atoms with Gasteiger partial charge in [0, 0.05) is 18.7 Å². The van der Waals surface area contributed by atoms with Crippen LogP contribution >= 0.6 is 0 Å². The minimum absolute atomic E-state index is 0.0856. The molecule has 0 atom stereocenters. The second kappa shape index (κ2) is 9.95. The average molecular weight is 455 g/mol. The summed E-state index contributed by atoms with van der Waals surface area (Å²) >= 11 is 0. The predicted molar refractivity (Wildman–Crippen MR) is 120 cm³/mol. The Kier molecular flexibility index (Phi) is 6.62. The van der Waals surface area contributed by atoms with Crippen LogP contribution in [0.2, 0.25) is 0 Å². The second-order valence-corrected chi connectivity index (χ2v) is 9.31. The summed E-state index contributed by atoms with van der Waals surface area (Å²) in [6.45, 7) is 4.08. The smallest absolute Gasteiger partial charge is 0.336 e. The summed E-state index contributed by atoms with van der Waals surface area (Å²) in [5.41, 5.74) is 0.396. The highest BCUT2D eigenvalue weighted by Crippen LogP contribution is 2.41. The van der Waals surface area contributed by atoms with Gasteiger partial charge in [0.2, 0.25) is 0 Å². The highest BCUT2D eigenvalue weighted by molar-refractivity contribution is 6.00. The molecule has 3 aliphatic rings. The van der Waals surface area contributed by atoms with E-state index in [0.29, 0.717) is 23.5 Å². The minimum Gasteiger partial charge on any atom is -0.475 e. The maximum Gasteiger partial charge on any atom is 0.336 e. The fraction of sp³-hybridized carbons (Fsp3) is 0.560. The summed E-state index contributed by atoms with van der Waals surface area (Å²) in [6, 6.07) is 3.13. The SMILES string of the molecule is O=C1/C=C/C(=O)Oc2c(ccc3onc(OCCC4CCN(CC5CCCCC5)CC4)c23)O1. The van der Waals surface area contributed by atoms with E-state index in [1.807, 2.05) is 0 Å². The van der Waals surface area contributed by atoms with Gasteiger partial charge in [0.05, 0.1) is 6.61 Å². The number of ether oxygens (including phenoxy) is 3. The lowest BCUT2D eigenvalue weighted by atomic mass is 9.87. The maximum absolute atomic E-state index is 12.0. The van der Waals surface area contributed by atoms with Crippen LogP contribution in [0.15, 0.2) is 28.8 Å². The molecule has 0 bridgehead atoms. The number of hydrogen-bond donors (Lipinski definition) is 0. The first-order valence-corrected chi connectivity index (χ1v) is 12.0. The largest absolute Gasteiger partial charge is 0.475 e. The van der Waals surface area contributed by atoms with Crippen LogP contribution in [0.5, 0.6) is 17.4 Å². The van der Waals surface area contributed by atoms with Crippen molar-refractivity contribution in [2.75, 3.05) is 26.2 Å². The van der Waals surface area contributed by atoms with Gasteiger partial charge in [-0.2, -0.15) is 0 Å². The van der Waals surface area contributed by atoms with Crippen LogP contribution in [-0.2, 0) is 9.59 Å². The standard InChI is InChI=1S/C25H30N2O6/c28-21-8-9-22(29)32-24-20(31-21)7-6-19-23(24)25(26-33-19)30-15-12-17-10-13-27(14-11-17)16-18-4-2-1-3-5-18/h6-9,17-18H,1-5,10-16H2/b9-8+. The van der Waals surface area contributed by atoms with Crippen LogP contribution in [0.25, 0.3) is 11.0 Å². The van der Waals surface area contributed by atoms with E-state index in [-0.39, 0.29) is 17.4 Å². The third-order valence-corrected chi connectivity index (χ3v) is 7.01. The fourth-order valence-corrected chi connectivity index (χ4v) is 5.17. The zero-order chi connectivity index (χ0) is 22.6. The molecule has 1 aromatic heterocycles. The van der Waals surface area contributed by atoms with E-state index in [1.54, 1.807) is 6.07 Å². The molecule has 0 amide bonds. The Hall–Kier alpha value is -2.87. The number of piperidine rings is 1. The van der Waals surface area contributed by atoms with Crippen LogP contribution in [0.3, 0.4) is 0 Å². The van der Waals surface area contributed by atoms with E-state index < -0.39 is 11.9 Å². The van der Waals surface area contributed by atoms with E-state index in [4.69, 9.17) is 18.7 Å². The number of hydrogen-bond acceptors (Lipinski definition) is 8. The molecule has 8 nitrogen and oxygen atoms in total. The summed E-state index contributed by atoms with van der Waals surface area (Å²) in [5, 5.41) is 4.40. The Balaban J connectivity index is 1.17. The molecule has 2 aromatic rings. The first-order chi connectivity index (χ1) is 16.2. The lowest BCUT2D eigenvalue weighted by molar-refractivity contribution is -0.133. The number of esters is 2. The van der Waals surface area contributed by atoms with Gasteiger partial charge >= 0.3 is 11.9 Å². The first-order valence-electron chi connectivity index (χ1n) is 12.0. The molecule has 5 rings (SSSR count). The molecule has 1 aliphatic carbocycles. The minimum atomic E-state index is -0.674. The Labute approximate surface area is 192 Å². The van der Waals surface area contributed by atoms with E-state index in [0.717, 1.165) is 37.6 Å². The van der Waals surface area contributed by atoms with Crippen molar-refractivity contribution in [2.24, 2.45) is 11.8 Å². The van der Waals surface area contributed by atoms with Gasteiger partial charge in [0.15, 0.2) is 17.1 Å². The van der Waals surface area contributed by atoms with E-state index in [2.05, 4.69) is 10.1 Å². The number of carbonyl (C=O) groups excluding carboxylic acids is 2. The van der Waals surface area contributed by atoms with Gasteiger partial charge in [-0.3, -0.25) is 0 Å². The Morgan fingerprint density at radius 2 is 1.70 bits per heavy atom. The van der Waals surface area contributed by atoms with Gasteiger partial charge in [0.25, 0.3) is 5.88 Å². The van der Waals surface area contributed by atoms with Crippen LogP contribution in [0.4, 0.5) is 0 Å². The van der Waals surface area contributed by atoms with Crippen LogP contribution in [-0.4, -0.2) is 48.2 Å². The third kappa shape index (κ3) is 5.21. The molecule has 0 radical (unpaired) electrons. The van der Waals surface area contributed by atoms with Crippen molar-refractivity contribution < 1.29 is 28.3 Å². The molecular weight excluding hydrogens is 424 g/mol. The van der Waals surface area contributed by atoms with Crippen molar-refractivity contribution in [3.05, 3.63) is 24.3 Å². The van der Waals surface area contributed by atoms with Crippen LogP contribution in [0, 0.1) is 11.8 Å². The van der Waals surface area contributed by atoms with Crippen molar-refractivity contribution in [2.45, 2.75) is 51.4 Å². The van der Waals surface area contributed by atoms with E-state index in [9.17, 15) is 9.59 Å². The van der Waals surface area contributed by atoms with Crippen molar-refractivity contribution in [3.63, 3.8) is 0 Å². The fourth-order valence-electron chi connectivity index (χ4n) is 5.17. The topological polar surface area (TPSA) is 91.1 Å². The maximum atomic E-state index is 12.0. The van der Waals surface area contributed by atoms with Gasteiger partial charge in [-0.15, -0.1) is 0 Å². The van der Waals surface area contributed by atoms with Crippen molar-refractivity contribution in [1.29, 1.82) is 0 Å². The quantitative estimate of drug-likeness (QED) is 0.472. The summed E-state index contributed by atoms with van der Waals surface area (Å²) in [7, 11) is 0. The molecule has 1 saturated carbocycles. The molecule has 2 fully saturated rings. The molecule has 8 heteroatoms. The van der Waals surface area contributed by atoms with Gasteiger partial charge in [-0.25, -0.2) is 9.59 Å². The van der Waals surface area contributed by atoms with E-state index >= 15 is 0 Å². The van der Waals surface area contributed by atoms with Crippen molar-refractivity contribution >= 4 is 22.9 Å². The number of likely N-dealkylation sites (tertiary alicyclic amines) is 1. The molecule has 176 valence electrons. The number of aromatic nitrogens is 1. The number of nitrogens with zero attached hydrogens (tertiary/aromatic N) is 2. The number of carbonyl (C=O) groups is 2. The molecule has 0 N–H and O–H groups in total. The third-order valence-electron chi connectivity index (χ3n) is 7.01. The molecule has 0 unspecified atom stereocenters. The summed E-state index contributed by atoms with van der Waals surface area (Å²) < 4.78 is 21.9. The van der Waals surface area contributed by atoms with E-state index in [1.165, 1.54) is 57.6 Å². The second-order valence-electron chi connectivity index (χ2n) is 9.31. The lowest BCUT2D eigenvalue weighted by Gasteiger charge is -2.35. The molecule has 0 spiro atoms. The van der Waals surface area contributed by atoms with Gasteiger partial charge < -0.3 is 23.6 Å². The normalized spacial score (nSPS) is 21.7. The highest BCUT2D eigenvalue weighted by atomic mass is 16.6. The monoisotopic (exact) mass is 454 g/mol. The number of benzene rings is 1. The van der Waals surface area contributed by atoms with Gasteiger partial charge in [0.1, 0.15) is 5.39 Å². The number of rotatable bonds is 6. The van der Waals surface area contributed by atoms with Gasteiger partial charge in [-0.05, 0) is 74.3 Å². The zero-order valence-corrected chi connectivity index (χ0v) is 18.8. The summed E-state index contributed by atoms with van der Waals surface area (Å²) in [4.78, 5) is 26.4. The summed E-state index contributed by atoms with van der Waals surface area (Å²) in [6.07, 6.45) is 12.4. The lowest BCUT2D eigenvalue weighted by Crippen LogP contribution is -2.37. The molecule has 2 aliphatic heterocycles. The highest BCUT2D eigenvalue weighted by Gasteiger charge is 2.26. The Morgan fingerprint density at radius 1 is 0.939 bits per heavy atom. The van der Waals surface area contributed by atoms with Gasteiger partial charge in [-0.1, -0.05) is 19.3 Å². The average Bonchev–Trinajstić information content (AvgIpc) is 3.23. The van der Waals surface area contributed by atoms with Crippen molar-refractivity contribution in [3.8, 4) is 17.4 Å². The molecule has 33 heavy (non-hydrogen) atoms. The van der Waals surface area contributed by atoms with Crippen LogP contribution in [0.1, 0.15) is 51.4 Å². The molecule has 1 saturated heterocycles. The predicted octanol–water partition coefficient (Wildman–Crippen LogP) is 4.27. The zero-order valence-electron chi connectivity index (χ0n) is 18.8. The molecular formula is C25H30N2O6. The number of fused-ring (bicyclic) bond motifs is 3. The molecule has 3 heterocycles. The molecule has 1 aromatic carbocycles. The summed E-state index contributed by atoms with van der Waals surface area (Å²) in [5.74, 6) is 0.641. The van der Waals surface area contributed by atoms with Crippen molar-refractivity contribution in [1.82, 2.24) is 10.1 Å². The Bertz CT molecular complexity index is 1030. The first kappa shape index (κ1) is 21.9. The Morgan fingerprint density at radius 3 is 2.48 bits per heavy atom.